The number of nitrogens with one attached hydrogen (secondary N) is 1. The zero-order valence-electron chi connectivity index (χ0n) is 11.6. The van der Waals surface area contributed by atoms with Crippen molar-refractivity contribution < 1.29 is 18.3 Å². The molecule has 0 fully saturated rings. The van der Waals surface area contributed by atoms with Crippen molar-refractivity contribution >= 4 is 11.4 Å². The maximum absolute atomic E-state index is 12.8. The molecule has 0 amide bonds. The van der Waals surface area contributed by atoms with Crippen LogP contribution in [0.3, 0.4) is 0 Å². The topological polar surface area (TPSA) is 58.3 Å². The number of halogens is 3. The van der Waals surface area contributed by atoms with Crippen LogP contribution in [0.2, 0.25) is 0 Å². The van der Waals surface area contributed by atoms with Crippen LogP contribution < -0.4 is 11.1 Å². The summed E-state index contributed by atoms with van der Waals surface area (Å²) in [6.45, 7) is 0. The van der Waals surface area contributed by atoms with Gasteiger partial charge in [-0.05, 0) is 41.5 Å². The van der Waals surface area contributed by atoms with E-state index in [0.717, 1.165) is 23.3 Å². The second-order valence-electron chi connectivity index (χ2n) is 5.43. The van der Waals surface area contributed by atoms with Crippen molar-refractivity contribution in [3.63, 3.8) is 0 Å². The normalized spacial score (nSPS) is 20.7. The maximum Gasteiger partial charge on any atom is 0.416 e. The number of fused-ring (bicyclic) bond motifs is 1. The lowest BCUT2D eigenvalue weighted by Crippen LogP contribution is -2.21. The Morgan fingerprint density at radius 3 is 2.64 bits per heavy atom. The van der Waals surface area contributed by atoms with Crippen molar-refractivity contribution in [3.8, 4) is 0 Å². The molecule has 0 bridgehead atoms. The minimum Gasteiger partial charge on any atom is -0.399 e. The average molecular weight is 308 g/mol. The van der Waals surface area contributed by atoms with Crippen LogP contribution in [0.4, 0.5) is 24.5 Å². The highest BCUT2D eigenvalue weighted by Crippen LogP contribution is 2.37. The second-order valence-corrected chi connectivity index (χ2v) is 5.43. The average Bonchev–Trinajstić information content (AvgIpc) is 2.75. The van der Waals surface area contributed by atoms with Crippen molar-refractivity contribution in [3.05, 3.63) is 59.2 Å². The predicted molar refractivity (Wildman–Crippen MR) is 78.4 cm³/mol. The second kappa shape index (κ2) is 5.21. The van der Waals surface area contributed by atoms with Crippen LogP contribution in [0.15, 0.2) is 42.5 Å². The zero-order chi connectivity index (χ0) is 15.9. The molecule has 3 rings (SSSR count). The molecule has 0 aliphatic heterocycles. The Morgan fingerprint density at radius 1 is 1.14 bits per heavy atom. The van der Waals surface area contributed by atoms with Crippen LogP contribution in [0.5, 0.6) is 0 Å². The predicted octanol–water partition coefficient (Wildman–Crippen LogP) is 3.36. The van der Waals surface area contributed by atoms with Crippen molar-refractivity contribution in [1.29, 1.82) is 0 Å². The van der Waals surface area contributed by atoms with Gasteiger partial charge in [-0.25, -0.2) is 0 Å². The molecular weight excluding hydrogens is 293 g/mol. The van der Waals surface area contributed by atoms with Gasteiger partial charge in [0, 0.05) is 17.8 Å². The third kappa shape index (κ3) is 2.74. The standard InChI is InChI=1S/C16H15F3N2O/c17-16(18,19)10-2-1-3-12(7-10)21-15-13-8-11(20)5-4-9(13)6-14(15)22/h1-5,7-8,14-15,21-22H,6,20H2. The molecule has 0 aromatic heterocycles. The number of aliphatic hydroxyl groups excluding tert-OH is 1. The van der Waals surface area contributed by atoms with Crippen LogP contribution >= 0.6 is 0 Å². The Balaban J connectivity index is 1.90. The molecule has 22 heavy (non-hydrogen) atoms. The summed E-state index contributed by atoms with van der Waals surface area (Å²) in [5.41, 5.74) is 7.68. The van der Waals surface area contributed by atoms with E-state index in [1.807, 2.05) is 6.07 Å². The van der Waals surface area contributed by atoms with E-state index in [1.54, 1.807) is 18.2 Å². The van der Waals surface area contributed by atoms with Crippen molar-refractivity contribution in [2.45, 2.75) is 24.7 Å². The molecule has 6 heteroatoms. The summed E-state index contributed by atoms with van der Waals surface area (Å²) in [5.74, 6) is 0. The molecule has 0 spiro atoms. The highest BCUT2D eigenvalue weighted by atomic mass is 19.4. The van der Waals surface area contributed by atoms with Crippen molar-refractivity contribution in [2.75, 3.05) is 11.1 Å². The Labute approximate surface area is 125 Å². The van der Waals surface area contributed by atoms with Gasteiger partial charge >= 0.3 is 6.18 Å². The van der Waals surface area contributed by atoms with E-state index >= 15 is 0 Å². The van der Waals surface area contributed by atoms with Gasteiger partial charge in [0.25, 0.3) is 0 Å². The van der Waals surface area contributed by atoms with Crippen LogP contribution in [-0.4, -0.2) is 11.2 Å². The summed E-state index contributed by atoms with van der Waals surface area (Å²) in [6, 6.07) is 9.80. The summed E-state index contributed by atoms with van der Waals surface area (Å²) in [4.78, 5) is 0. The van der Waals surface area contributed by atoms with Gasteiger partial charge in [0.15, 0.2) is 0 Å². The van der Waals surface area contributed by atoms with Crippen molar-refractivity contribution in [1.82, 2.24) is 0 Å². The minimum atomic E-state index is -4.39. The molecule has 1 aliphatic carbocycles. The van der Waals surface area contributed by atoms with Gasteiger partial charge in [-0.15, -0.1) is 0 Å². The zero-order valence-corrected chi connectivity index (χ0v) is 11.6. The highest BCUT2D eigenvalue weighted by molar-refractivity contribution is 5.54. The third-order valence-electron chi connectivity index (χ3n) is 3.83. The number of anilines is 2. The minimum absolute atomic E-state index is 0.314. The van der Waals surface area contributed by atoms with Gasteiger partial charge in [-0.1, -0.05) is 12.1 Å². The van der Waals surface area contributed by atoms with Gasteiger partial charge in [-0.2, -0.15) is 13.2 Å². The number of nitrogens with two attached hydrogens (primary N) is 1. The number of benzene rings is 2. The molecule has 4 N–H and O–H groups in total. The van der Waals surface area contributed by atoms with E-state index in [2.05, 4.69) is 5.32 Å². The lowest BCUT2D eigenvalue weighted by atomic mass is 10.1. The fourth-order valence-electron chi connectivity index (χ4n) is 2.78. The molecule has 116 valence electrons. The first-order valence-corrected chi connectivity index (χ1v) is 6.85. The van der Waals surface area contributed by atoms with Gasteiger partial charge in [0.05, 0.1) is 17.7 Å². The van der Waals surface area contributed by atoms with E-state index in [9.17, 15) is 18.3 Å². The molecule has 3 nitrogen and oxygen atoms in total. The van der Waals surface area contributed by atoms with E-state index in [-0.39, 0.29) is 0 Å². The third-order valence-corrected chi connectivity index (χ3v) is 3.83. The molecule has 2 unspecified atom stereocenters. The number of nitrogen functional groups attached to an aromatic ring is 1. The van der Waals surface area contributed by atoms with Gasteiger partial charge in [0.2, 0.25) is 0 Å². The molecule has 0 saturated carbocycles. The van der Waals surface area contributed by atoms with Crippen LogP contribution in [0.1, 0.15) is 22.7 Å². The van der Waals surface area contributed by atoms with E-state index in [4.69, 9.17) is 5.73 Å². The molecule has 2 aromatic carbocycles. The van der Waals surface area contributed by atoms with E-state index in [0.29, 0.717) is 17.8 Å². The number of hydrogen-bond acceptors (Lipinski definition) is 3. The quantitative estimate of drug-likeness (QED) is 0.746. The summed E-state index contributed by atoms with van der Waals surface area (Å²) in [5, 5.41) is 13.1. The molecule has 0 radical (unpaired) electrons. The number of rotatable bonds is 2. The summed E-state index contributed by atoms with van der Waals surface area (Å²) < 4.78 is 38.3. The summed E-state index contributed by atoms with van der Waals surface area (Å²) >= 11 is 0. The Hall–Kier alpha value is -2.21. The van der Waals surface area contributed by atoms with Gasteiger partial charge in [0.1, 0.15) is 0 Å². The first-order valence-electron chi connectivity index (χ1n) is 6.85. The van der Waals surface area contributed by atoms with E-state index in [1.165, 1.54) is 6.07 Å². The number of alkyl halides is 3. The first kappa shape index (κ1) is 14.7. The molecule has 1 aliphatic rings. The SMILES string of the molecule is Nc1ccc2c(c1)C(Nc1cccc(C(F)(F)F)c1)C(O)C2. The Morgan fingerprint density at radius 2 is 1.91 bits per heavy atom. The molecule has 2 aromatic rings. The maximum atomic E-state index is 12.8. The lowest BCUT2D eigenvalue weighted by Gasteiger charge is -2.20. The molecule has 0 heterocycles. The van der Waals surface area contributed by atoms with Crippen LogP contribution in [-0.2, 0) is 12.6 Å². The smallest absolute Gasteiger partial charge is 0.399 e. The Bertz CT molecular complexity index is 700. The van der Waals surface area contributed by atoms with Gasteiger partial charge < -0.3 is 16.2 Å². The highest BCUT2D eigenvalue weighted by Gasteiger charge is 2.33. The summed E-state index contributed by atoms with van der Waals surface area (Å²) in [6.07, 6.45) is -4.65. The monoisotopic (exact) mass is 308 g/mol. The first-order chi connectivity index (χ1) is 10.3. The fraction of sp³-hybridized carbons (Fsp3) is 0.250. The number of aliphatic hydroxyl groups is 1. The molecule has 2 atom stereocenters. The van der Waals surface area contributed by atoms with E-state index < -0.39 is 23.9 Å². The Kier molecular flexibility index (Phi) is 3.48. The molecule has 0 saturated heterocycles. The van der Waals surface area contributed by atoms with Crippen LogP contribution in [0.25, 0.3) is 0 Å². The summed E-state index contributed by atoms with van der Waals surface area (Å²) in [7, 11) is 0. The van der Waals surface area contributed by atoms with Crippen LogP contribution in [0, 0.1) is 0 Å². The molecular formula is C16H15F3N2O. The van der Waals surface area contributed by atoms with Crippen molar-refractivity contribution in [2.24, 2.45) is 0 Å². The largest absolute Gasteiger partial charge is 0.416 e. The number of hydrogen-bond donors (Lipinski definition) is 3. The van der Waals surface area contributed by atoms with Gasteiger partial charge in [-0.3, -0.25) is 0 Å². The lowest BCUT2D eigenvalue weighted by molar-refractivity contribution is -0.137. The fourth-order valence-corrected chi connectivity index (χ4v) is 2.78.